The Morgan fingerprint density at radius 3 is 2.39 bits per heavy atom. The van der Waals surface area contributed by atoms with Crippen LogP contribution in [0.5, 0.6) is 11.6 Å². The Bertz CT molecular complexity index is 1310. The van der Waals surface area contributed by atoms with E-state index in [9.17, 15) is 13.5 Å². The average Bonchev–Trinajstić information content (AvgIpc) is 3.02. The van der Waals surface area contributed by atoms with E-state index in [2.05, 4.69) is 14.6 Å². The van der Waals surface area contributed by atoms with Crippen molar-refractivity contribution >= 4 is 37.4 Å². The molecule has 0 spiro atoms. The van der Waals surface area contributed by atoms with Gasteiger partial charge in [0.1, 0.15) is 5.75 Å². The van der Waals surface area contributed by atoms with Crippen LogP contribution in [0.25, 0.3) is 21.7 Å². The summed E-state index contributed by atoms with van der Waals surface area (Å²) in [5.74, 6) is 0.361. The third-order valence-electron chi connectivity index (χ3n) is 4.33. The zero-order valence-electron chi connectivity index (χ0n) is 15.0. The minimum absolute atomic E-state index is 0.0228. The van der Waals surface area contributed by atoms with Gasteiger partial charge in [-0.1, -0.05) is 47.0 Å². The molecule has 1 heterocycles. The van der Waals surface area contributed by atoms with Crippen molar-refractivity contribution in [1.29, 1.82) is 0 Å². The molecular weight excluding hydrogens is 378 g/mol. The molecule has 0 amide bonds. The van der Waals surface area contributed by atoms with E-state index in [0.29, 0.717) is 34.0 Å². The van der Waals surface area contributed by atoms with Crippen molar-refractivity contribution in [3.05, 3.63) is 60.7 Å². The maximum Gasteiger partial charge on any atom is 0.300 e. The van der Waals surface area contributed by atoms with E-state index >= 15 is 0 Å². The first-order chi connectivity index (χ1) is 13.5. The van der Waals surface area contributed by atoms with E-state index in [4.69, 9.17) is 4.74 Å². The summed E-state index contributed by atoms with van der Waals surface area (Å²) in [5.41, 5.74) is 0.715. The first-order valence-electron chi connectivity index (χ1n) is 8.63. The third-order valence-corrected chi connectivity index (χ3v) is 5.54. The summed E-state index contributed by atoms with van der Waals surface area (Å²) in [7, 11) is -4.10. The van der Waals surface area contributed by atoms with Crippen LogP contribution in [0.15, 0.2) is 75.2 Å². The van der Waals surface area contributed by atoms with Crippen LogP contribution in [0.2, 0.25) is 0 Å². The van der Waals surface area contributed by atoms with Gasteiger partial charge in [0.15, 0.2) is 5.69 Å². The molecule has 0 aliphatic rings. The summed E-state index contributed by atoms with van der Waals surface area (Å²) in [6.07, 6.45) is 0. The lowest BCUT2D eigenvalue weighted by Crippen LogP contribution is -1.99. The fourth-order valence-corrected chi connectivity index (χ4v) is 4.08. The van der Waals surface area contributed by atoms with Crippen LogP contribution < -0.4 is 4.74 Å². The Kier molecular flexibility index (Phi) is 4.48. The summed E-state index contributed by atoms with van der Waals surface area (Å²) in [6.45, 7) is 2.33. The number of benzene rings is 3. The first kappa shape index (κ1) is 18.0. The molecule has 0 aliphatic carbocycles. The molecule has 28 heavy (non-hydrogen) atoms. The van der Waals surface area contributed by atoms with E-state index in [1.54, 1.807) is 48.5 Å². The fraction of sp³-hybridized carbons (Fsp3) is 0.100. The number of para-hydroxylation sites is 1. The molecule has 8 heteroatoms. The lowest BCUT2D eigenvalue weighted by molar-refractivity contribution is 0.344. The highest BCUT2D eigenvalue weighted by Crippen LogP contribution is 2.37. The zero-order chi connectivity index (χ0) is 19.7. The van der Waals surface area contributed by atoms with Crippen LogP contribution >= 0.6 is 0 Å². The van der Waals surface area contributed by atoms with Crippen LogP contribution in [0, 0.1) is 0 Å². The standard InChI is InChI=1S/C20H17N3O4S/c1-2-27-17-11-12-18(14-8-4-3-7-13(14)17)28(25,26)23-22-19-15-9-5-6-10-16(15)21-20(19)24/h3-12,21,24H,2H2,1H3. The molecule has 4 aromatic rings. The molecule has 0 fully saturated rings. The van der Waals surface area contributed by atoms with Crippen molar-refractivity contribution in [2.75, 3.05) is 6.61 Å². The molecule has 0 saturated carbocycles. The highest BCUT2D eigenvalue weighted by Gasteiger charge is 2.20. The van der Waals surface area contributed by atoms with Gasteiger partial charge in [0.2, 0.25) is 5.88 Å². The molecule has 0 aliphatic heterocycles. The number of nitrogens with zero attached hydrogens (tertiary/aromatic N) is 2. The third kappa shape index (κ3) is 3.07. The zero-order valence-corrected chi connectivity index (χ0v) is 15.8. The van der Waals surface area contributed by atoms with Gasteiger partial charge in [0.05, 0.1) is 17.0 Å². The summed E-state index contributed by atoms with van der Waals surface area (Å²) in [5, 5.41) is 15.6. The minimum Gasteiger partial charge on any atom is -0.493 e. The molecule has 0 saturated heterocycles. The van der Waals surface area contributed by atoms with Crippen LogP contribution in [0.4, 0.5) is 5.69 Å². The highest BCUT2D eigenvalue weighted by molar-refractivity contribution is 7.90. The SMILES string of the molecule is CCOc1ccc(S(=O)(=O)N=Nc2c(O)[nH]c3ccccc23)c2ccccc12. The lowest BCUT2D eigenvalue weighted by atomic mass is 10.1. The predicted octanol–water partition coefficient (Wildman–Crippen LogP) is 4.90. The van der Waals surface area contributed by atoms with E-state index in [1.807, 2.05) is 13.0 Å². The Hall–Kier alpha value is -3.39. The van der Waals surface area contributed by atoms with Gasteiger partial charge in [0.25, 0.3) is 10.0 Å². The van der Waals surface area contributed by atoms with Gasteiger partial charge >= 0.3 is 0 Å². The molecule has 1 aromatic heterocycles. The number of rotatable bonds is 5. The van der Waals surface area contributed by atoms with E-state index in [0.717, 1.165) is 0 Å². The van der Waals surface area contributed by atoms with Crippen molar-refractivity contribution in [1.82, 2.24) is 4.98 Å². The number of aromatic nitrogens is 1. The molecule has 7 nitrogen and oxygen atoms in total. The van der Waals surface area contributed by atoms with E-state index in [-0.39, 0.29) is 16.5 Å². The molecule has 0 unspecified atom stereocenters. The first-order valence-corrected chi connectivity index (χ1v) is 10.1. The fourth-order valence-electron chi connectivity index (χ4n) is 3.10. The van der Waals surface area contributed by atoms with E-state index in [1.165, 1.54) is 6.07 Å². The number of fused-ring (bicyclic) bond motifs is 2. The van der Waals surface area contributed by atoms with Gasteiger partial charge in [-0.2, -0.15) is 8.42 Å². The van der Waals surface area contributed by atoms with Crippen LogP contribution in [0.3, 0.4) is 0 Å². The summed E-state index contributed by atoms with van der Waals surface area (Å²) < 4.78 is 34.9. The van der Waals surface area contributed by atoms with Gasteiger partial charge in [-0.15, -0.1) is 5.11 Å². The molecule has 142 valence electrons. The topological polar surface area (TPSA) is 104 Å². The number of aromatic hydroxyl groups is 1. The second-order valence-corrected chi connectivity index (χ2v) is 7.62. The normalized spacial score (nSPS) is 12.2. The Morgan fingerprint density at radius 2 is 1.64 bits per heavy atom. The maximum absolute atomic E-state index is 12.9. The molecule has 3 aromatic carbocycles. The number of H-pyrrole nitrogens is 1. The van der Waals surface area contributed by atoms with Gasteiger partial charge < -0.3 is 14.8 Å². The van der Waals surface area contributed by atoms with Crippen LogP contribution in [-0.2, 0) is 10.0 Å². The molecule has 0 radical (unpaired) electrons. The second kappa shape index (κ2) is 6.97. The van der Waals surface area contributed by atoms with E-state index < -0.39 is 10.0 Å². The molecular formula is C20H17N3O4S. The summed E-state index contributed by atoms with van der Waals surface area (Å²) >= 11 is 0. The number of sulfonamides is 1. The monoisotopic (exact) mass is 395 g/mol. The predicted molar refractivity (Wildman–Crippen MR) is 107 cm³/mol. The van der Waals surface area contributed by atoms with Crippen molar-refractivity contribution in [2.24, 2.45) is 9.63 Å². The van der Waals surface area contributed by atoms with Gasteiger partial charge in [-0.25, -0.2) is 0 Å². The molecule has 0 bridgehead atoms. The molecule has 2 N–H and O–H groups in total. The van der Waals surface area contributed by atoms with Crippen molar-refractivity contribution in [3.8, 4) is 11.6 Å². The summed E-state index contributed by atoms with van der Waals surface area (Å²) in [6, 6.07) is 17.2. The maximum atomic E-state index is 12.9. The number of nitrogens with one attached hydrogen (secondary N) is 1. The highest BCUT2D eigenvalue weighted by atomic mass is 32.2. The summed E-state index contributed by atoms with van der Waals surface area (Å²) in [4.78, 5) is 2.77. The molecule has 0 atom stereocenters. The van der Waals surface area contributed by atoms with Gasteiger partial charge in [-0.05, 0) is 25.1 Å². The van der Waals surface area contributed by atoms with Gasteiger partial charge in [-0.3, -0.25) is 0 Å². The quantitative estimate of drug-likeness (QED) is 0.469. The van der Waals surface area contributed by atoms with Crippen molar-refractivity contribution in [3.63, 3.8) is 0 Å². The average molecular weight is 395 g/mol. The number of aromatic amines is 1. The van der Waals surface area contributed by atoms with Crippen molar-refractivity contribution in [2.45, 2.75) is 11.8 Å². The van der Waals surface area contributed by atoms with Crippen LogP contribution in [0.1, 0.15) is 6.92 Å². The Labute approximate surface area is 161 Å². The van der Waals surface area contributed by atoms with Crippen LogP contribution in [-0.4, -0.2) is 25.1 Å². The number of ether oxygens (including phenoxy) is 1. The number of hydrogen-bond acceptors (Lipinski definition) is 5. The smallest absolute Gasteiger partial charge is 0.300 e. The second-order valence-electron chi connectivity index (χ2n) is 6.06. The molecule has 4 rings (SSSR count). The largest absolute Gasteiger partial charge is 0.493 e. The number of hydrogen-bond donors (Lipinski definition) is 2. The lowest BCUT2D eigenvalue weighted by Gasteiger charge is -2.10. The minimum atomic E-state index is -4.10. The Balaban J connectivity index is 1.82. The van der Waals surface area contributed by atoms with Gasteiger partial charge in [0, 0.05) is 16.2 Å². The Morgan fingerprint density at radius 1 is 0.964 bits per heavy atom. The van der Waals surface area contributed by atoms with Crippen molar-refractivity contribution < 1.29 is 18.3 Å².